The minimum atomic E-state index is -0.205. The summed E-state index contributed by atoms with van der Waals surface area (Å²) in [5.41, 5.74) is 7.33. The molecule has 0 bridgehead atoms. The number of aliphatic hydroxyl groups is 1. The van der Waals surface area contributed by atoms with Gasteiger partial charge in [-0.15, -0.1) is 0 Å². The average Bonchev–Trinajstić information content (AvgIpc) is 2.81. The molecule has 2 N–H and O–H groups in total. The number of benzene rings is 1. The zero-order chi connectivity index (χ0) is 17.4. The monoisotopic (exact) mass is 327 g/mol. The highest BCUT2D eigenvalue weighted by Gasteiger charge is 2.13. The lowest BCUT2D eigenvalue weighted by Gasteiger charge is -2.14. The van der Waals surface area contributed by atoms with Crippen LogP contribution in [-0.4, -0.2) is 14.5 Å². The topological polar surface area (TPSA) is 49.6 Å². The Balaban J connectivity index is 1.99. The molecule has 0 saturated heterocycles. The number of fused-ring (bicyclic) bond motifs is 1. The second-order valence-corrected chi connectivity index (χ2v) is 6.30. The summed E-state index contributed by atoms with van der Waals surface area (Å²) in [7, 11) is 0. The molecule has 126 valence electrons. The first-order chi connectivity index (χ1) is 11.4. The Morgan fingerprint density at radius 1 is 1.12 bits per heavy atom. The number of aromatic nitrogens is 2. The van der Waals surface area contributed by atoms with Gasteiger partial charge in [-0.2, -0.15) is 0 Å². The Hall–Kier alpha value is -2.40. The number of rotatable bonds is 4. The van der Waals surface area contributed by atoms with Gasteiger partial charge in [0.25, 0.3) is 0 Å². The molecule has 0 saturated carbocycles. The molecule has 0 radical (unpaired) electrons. The highest BCUT2D eigenvalue weighted by atomic mass is 19.1. The highest BCUT2D eigenvalue weighted by molar-refractivity contribution is 5.70. The second kappa shape index (κ2) is 6.24. The predicted molar refractivity (Wildman–Crippen MR) is 93.8 cm³/mol. The number of aliphatic hydroxyl groups excluding tert-OH is 1. The van der Waals surface area contributed by atoms with Gasteiger partial charge in [-0.05, 0) is 68.1 Å². The van der Waals surface area contributed by atoms with Gasteiger partial charge in [0, 0.05) is 12.7 Å². The van der Waals surface area contributed by atoms with Crippen molar-refractivity contribution in [2.75, 3.05) is 5.32 Å². The van der Waals surface area contributed by atoms with E-state index >= 15 is 0 Å². The maximum absolute atomic E-state index is 13.5. The van der Waals surface area contributed by atoms with Crippen molar-refractivity contribution in [3.8, 4) is 0 Å². The van der Waals surface area contributed by atoms with Crippen LogP contribution in [0.3, 0.4) is 0 Å². The molecule has 0 unspecified atom stereocenters. The van der Waals surface area contributed by atoms with Crippen molar-refractivity contribution >= 4 is 11.3 Å². The third kappa shape index (κ3) is 2.87. The number of nitrogens with one attached hydrogen (secondary N) is 1. The van der Waals surface area contributed by atoms with Crippen molar-refractivity contribution in [1.82, 2.24) is 9.38 Å². The molecule has 0 aliphatic rings. The van der Waals surface area contributed by atoms with E-state index in [0.29, 0.717) is 6.54 Å². The summed E-state index contributed by atoms with van der Waals surface area (Å²) in [4.78, 5) is 4.58. The molecule has 0 spiro atoms. The third-order valence-electron chi connectivity index (χ3n) is 4.42. The molecule has 0 fully saturated rings. The molecule has 0 atom stereocenters. The molecular formula is C19H22FN3O. The maximum atomic E-state index is 13.5. The lowest BCUT2D eigenvalue weighted by Crippen LogP contribution is -2.06. The summed E-state index contributed by atoms with van der Waals surface area (Å²) in [6, 6.07) is 5.15. The normalized spacial score (nSPS) is 11.2. The zero-order valence-electron chi connectivity index (χ0n) is 14.4. The van der Waals surface area contributed by atoms with Crippen molar-refractivity contribution in [2.45, 2.75) is 40.8 Å². The first kappa shape index (κ1) is 16.5. The van der Waals surface area contributed by atoms with Crippen LogP contribution in [0.15, 0.2) is 24.4 Å². The summed E-state index contributed by atoms with van der Waals surface area (Å²) < 4.78 is 15.4. The van der Waals surface area contributed by atoms with Crippen molar-refractivity contribution in [3.63, 3.8) is 0 Å². The smallest absolute Gasteiger partial charge is 0.160 e. The molecule has 24 heavy (non-hydrogen) atoms. The third-order valence-corrected chi connectivity index (χ3v) is 4.42. The molecule has 5 heteroatoms. The summed E-state index contributed by atoms with van der Waals surface area (Å²) in [5, 5.41) is 13.0. The molecule has 3 aromatic rings. The van der Waals surface area contributed by atoms with E-state index in [0.717, 1.165) is 45.0 Å². The number of hydrogen-bond donors (Lipinski definition) is 2. The highest BCUT2D eigenvalue weighted by Crippen LogP contribution is 2.24. The Labute approximate surface area is 141 Å². The van der Waals surface area contributed by atoms with Crippen LogP contribution in [-0.2, 0) is 13.2 Å². The van der Waals surface area contributed by atoms with Crippen LogP contribution in [0.4, 0.5) is 10.1 Å². The van der Waals surface area contributed by atoms with Crippen molar-refractivity contribution in [1.29, 1.82) is 0 Å². The first-order valence-corrected chi connectivity index (χ1v) is 7.99. The quantitative estimate of drug-likeness (QED) is 0.766. The maximum Gasteiger partial charge on any atom is 0.160 e. The number of anilines is 1. The van der Waals surface area contributed by atoms with Gasteiger partial charge < -0.3 is 10.4 Å². The number of halogens is 1. The van der Waals surface area contributed by atoms with E-state index in [1.165, 1.54) is 0 Å². The standard InChI is InChI=1S/C19H22FN3O/c1-11-5-17(19-22-14(4)18(10-24)23(19)9-11)21-8-16-12(2)6-15(20)7-13(16)3/h5-7,9,21,24H,8,10H2,1-4H3. The summed E-state index contributed by atoms with van der Waals surface area (Å²) in [6.07, 6.45) is 1.97. The van der Waals surface area contributed by atoms with Crippen LogP contribution < -0.4 is 5.32 Å². The van der Waals surface area contributed by atoms with Crippen LogP contribution in [0.5, 0.6) is 0 Å². The number of pyridine rings is 1. The fourth-order valence-corrected chi connectivity index (χ4v) is 3.17. The van der Waals surface area contributed by atoms with Gasteiger partial charge in [-0.1, -0.05) is 0 Å². The van der Waals surface area contributed by atoms with E-state index in [1.54, 1.807) is 12.1 Å². The molecule has 0 aliphatic heterocycles. The van der Waals surface area contributed by atoms with Crippen molar-refractivity contribution < 1.29 is 9.50 Å². The van der Waals surface area contributed by atoms with Crippen LogP contribution in [0, 0.1) is 33.5 Å². The fourth-order valence-electron chi connectivity index (χ4n) is 3.17. The Morgan fingerprint density at radius 3 is 2.42 bits per heavy atom. The van der Waals surface area contributed by atoms with Gasteiger partial charge in [0.15, 0.2) is 5.65 Å². The molecule has 0 amide bonds. The van der Waals surface area contributed by atoms with Gasteiger partial charge >= 0.3 is 0 Å². The fraction of sp³-hybridized carbons (Fsp3) is 0.316. The largest absolute Gasteiger partial charge is 0.390 e. The van der Waals surface area contributed by atoms with Gasteiger partial charge in [0.05, 0.1) is 23.7 Å². The Morgan fingerprint density at radius 2 is 1.79 bits per heavy atom. The number of imidazole rings is 1. The van der Waals surface area contributed by atoms with Crippen LogP contribution >= 0.6 is 0 Å². The predicted octanol–water partition coefficient (Wildman–Crippen LogP) is 3.81. The second-order valence-electron chi connectivity index (χ2n) is 6.30. The molecule has 4 nitrogen and oxygen atoms in total. The average molecular weight is 327 g/mol. The molecular weight excluding hydrogens is 305 g/mol. The molecule has 1 aromatic carbocycles. The lowest BCUT2D eigenvalue weighted by atomic mass is 10.0. The van der Waals surface area contributed by atoms with Crippen LogP contribution in [0.25, 0.3) is 5.65 Å². The Kier molecular flexibility index (Phi) is 4.28. The van der Waals surface area contributed by atoms with E-state index < -0.39 is 0 Å². The minimum Gasteiger partial charge on any atom is -0.390 e. The van der Waals surface area contributed by atoms with Gasteiger partial charge in [0.1, 0.15) is 5.82 Å². The molecule has 0 aliphatic carbocycles. The first-order valence-electron chi connectivity index (χ1n) is 7.99. The van der Waals surface area contributed by atoms with Gasteiger partial charge in [-0.3, -0.25) is 4.40 Å². The van der Waals surface area contributed by atoms with E-state index in [1.807, 2.05) is 44.4 Å². The summed E-state index contributed by atoms with van der Waals surface area (Å²) in [5.74, 6) is -0.205. The van der Waals surface area contributed by atoms with Crippen molar-refractivity contribution in [2.24, 2.45) is 0 Å². The van der Waals surface area contributed by atoms with E-state index in [4.69, 9.17) is 0 Å². The molecule has 2 aromatic heterocycles. The zero-order valence-corrected chi connectivity index (χ0v) is 14.4. The van der Waals surface area contributed by atoms with Gasteiger partial charge in [-0.25, -0.2) is 9.37 Å². The minimum absolute atomic E-state index is 0.0495. The number of hydrogen-bond acceptors (Lipinski definition) is 3. The van der Waals surface area contributed by atoms with E-state index in [-0.39, 0.29) is 12.4 Å². The summed E-state index contributed by atoms with van der Waals surface area (Å²) >= 11 is 0. The van der Waals surface area contributed by atoms with Crippen LogP contribution in [0.1, 0.15) is 33.6 Å². The number of nitrogens with zero attached hydrogens (tertiary/aromatic N) is 2. The summed E-state index contributed by atoms with van der Waals surface area (Å²) in [6.45, 7) is 8.29. The van der Waals surface area contributed by atoms with Crippen molar-refractivity contribution in [3.05, 3.63) is 63.9 Å². The van der Waals surface area contributed by atoms with E-state index in [2.05, 4.69) is 10.3 Å². The Bertz CT molecular complexity index is 892. The number of aryl methyl sites for hydroxylation is 4. The molecule has 2 heterocycles. The SMILES string of the molecule is Cc1cc(NCc2c(C)cc(F)cc2C)c2nc(C)c(CO)n2c1. The lowest BCUT2D eigenvalue weighted by molar-refractivity contribution is 0.275. The van der Waals surface area contributed by atoms with Crippen LogP contribution in [0.2, 0.25) is 0 Å². The van der Waals surface area contributed by atoms with E-state index in [9.17, 15) is 9.50 Å². The van der Waals surface area contributed by atoms with Gasteiger partial charge in [0.2, 0.25) is 0 Å². The molecule has 3 rings (SSSR count).